The lowest BCUT2D eigenvalue weighted by atomic mass is 10.0. The number of para-hydroxylation sites is 1. The summed E-state index contributed by atoms with van der Waals surface area (Å²) in [5, 5.41) is 16.8. The maximum absolute atomic E-state index is 12.7. The molecule has 4 rings (SSSR count). The van der Waals surface area contributed by atoms with Gasteiger partial charge in [-0.1, -0.05) is 48.5 Å². The van der Waals surface area contributed by atoms with Gasteiger partial charge in [-0.3, -0.25) is 4.79 Å². The van der Waals surface area contributed by atoms with Crippen molar-refractivity contribution in [2.24, 2.45) is 0 Å². The average Bonchev–Trinajstić information content (AvgIpc) is 3.51. The molecule has 3 N–H and O–H groups in total. The minimum atomic E-state index is -0.0794. The lowest BCUT2D eigenvalue weighted by Gasteiger charge is -2.20. The molecule has 0 aliphatic heterocycles. The van der Waals surface area contributed by atoms with Gasteiger partial charge in [0.05, 0.1) is 17.1 Å². The number of amides is 1. The Hall–Kier alpha value is -2.92. The summed E-state index contributed by atoms with van der Waals surface area (Å²) in [7, 11) is 0. The van der Waals surface area contributed by atoms with Crippen molar-refractivity contribution < 1.29 is 9.90 Å². The van der Waals surface area contributed by atoms with E-state index < -0.39 is 0 Å². The highest BCUT2D eigenvalue weighted by atomic mass is 16.3. The molecular weight excluding hydrogens is 338 g/mol. The minimum absolute atomic E-state index is 0.0578. The molecule has 0 bridgehead atoms. The molecule has 5 heteroatoms. The highest BCUT2D eigenvalue weighted by Gasteiger charge is 2.25. The molecule has 0 saturated heterocycles. The zero-order valence-corrected chi connectivity index (χ0v) is 15.1. The van der Waals surface area contributed by atoms with E-state index in [2.05, 4.69) is 15.6 Å². The Morgan fingerprint density at radius 2 is 1.85 bits per heavy atom. The molecule has 0 unspecified atom stereocenters. The maximum atomic E-state index is 12.7. The Kier molecular flexibility index (Phi) is 5.03. The molecule has 1 fully saturated rings. The van der Waals surface area contributed by atoms with Crippen LogP contribution in [0, 0.1) is 0 Å². The molecule has 0 spiro atoms. The van der Waals surface area contributed by atoms with Crippen molar-refractivity contribution in [3.63, 3.8) is 0 Å². The van der Waals surface area contributed by atoms with Crippen LogP contribution in [0.15, 0.2) is 60.7 Å². The lowest BCUT2D eigenvalue weighted by molar-refractivity contribution is 0.0952. The maximum Gasteiger partial charge on any atom is 0.252 e. The second-order valence-electron chi connectivity index (χ2n) is 6.94. The minimum Gasteiger partial charge on any atom is -0.396 e. The molecule has 1 aliphatic rings. The van der Waals surface area contributed by atoms with E-state index in [1.807, 2.05) is 60.7 Å². The van der Waals surface area contributed by atoms with E-state index in [0.29, 0.717) is 23.8 Å². The molecule has 1 saturated carbocycles. The Morgan fingerprint density at radius 1 is 1.11 bits per heavy atom. The molecule has 1 aromatic heterocycles. The predicted octanol–water partition coefficient (Wildman–Crippen LogP) is 3.66. The van der Waals surface area contributed by atoms with Crippen molar-refractivity contribution >= 4 is 22.6 Å². The summed E-state index contributed by atoms with van der Waals surface area (Å²) in [5.41, 5.74) is 2.48. The van der Waals surface area contributed by atoms with Crippen LogP contribution < -0.4 is 10.6 Å². The fourth-order valence-electron chi connectivity index (χ4n) is 3.24. The second-order valence-corrected chi connectivity index (χ2v) is 6.94. The second kappa shape index (κ2) is 7.76. The van der Waals surface area contributed by atoms with Gasteiger partial charge in [-0.15, -0.1) is 0 Å². The highest BCUT2D eigenvalue weighted by Crippen LogP contribution is 2.27. The van der Waals surface area contributed by atoms with Gasteiger partial charge in [0, 0.05) is 18.0 Å². The topological polar surface area (TPSA) is 74.2 Å². The van der Waals surface area contributed by atoms with Gasteiger partial charge in [-0.05, 0) is 37.0 Å². The Bertz CT molecular complexity index is 939. The predicted molar refractivity (Wildman–Crippen MR) is 107 cm³/mol. The Labute approximate surface area is 158 Å². The van der Waals surface area contributed by atoms with E-state index in [1.54, 1.807) is 0 Å². The number of aliphatic hydroxyl groups excluding tert-OH is 1. The van der Waals surface area contributed by atoms with Crippen molar-refractivity contribution in [3.8, 4) is 0 Å². The standard InChI is InChI=1S/C22H23N3O2/c26-13-12-19(15-6-2-1-3-7-15)24-21-14-18(22(27)23-16-10-11-16)17-8-4-5-9-20(17)25-21/h1-9,14,16,19,26H,10-13H2,(H,23,27)(H,24,25)/t19-/m1/s1. The van der Waals surface area contributed by atoms with Gasteiger partial charge in [0.15, 0.2) is 0 Å². The number of pyridine rings is 1. The van der Waals surface area contributed by atoms with Crippen LogP contribution in [-0.4, -0.2) is 28.6 Å². The molecule has 138 valence electrons. The highest BCUT2D eigenvalue weighted by molar-refractivity contribution is 6.07. The van der Waals surface area contributed by atoms with Crippen molar-refractivity contribution in [1.82, 2.24) is 10.3 Å². The van der Waals surface area contributed by atoms with Crippen molar-refractivity contribution in [1.29, 1.82) is 0 Å². The number of nitrogens with one attached hydrogen (secondary N) is 2. The van der Waals surface area contributed by atoms with E-state index in [9.17, 15) is 9.90 Å². The summed E-state index contributed by atoms with van der Waals surface area (Å²) in [5.74, 6) is 0.578. The molecule has 0 radical (unpaired) electrons. The van der Waals surface area contributed by atoms with Crippen LogP contribution in [0.3, 0.4) is 0 Å². The van der Waals surface area contributed by atoms with E-state index >= 15 is 0 Å². The number of aromatic nitrogens is 1. The largest absolute Gasteiger partial charge is 0.396 e. The summed E-state index contributed by atoms with van der Waals surface area (Å²) in [4.78, 5) is 17.4. The first-order valence-corrected chi connectivity index (χ1v) is 9.37. The quantitative estimate of drug-likeness (QED) is 0.600. The van der Waals surface area contributed by atoms with Crippen molar-refractivity contribution in [2.75, 3.05) is 11.9 Å². The molecule has 1 aliphatic carbocycles. The van der Waals surface area contributed by atoms with Gasteiger partial charge < -0.3 is 15.7 Å². The van der Waals surface area contributed by atoms with Crippen LogP contribution in [-0.2, 0) is 0 Å². The van der Waals surface area contributed by atoms with Crippen LogP contribution >= 0.6 is 0 Å². The van der Waals surface area contributed by atoms with Crippen molar-refractivity contribution in [2.45, 2.75) is 31.3 Å². The summed E-state index contributed by atoms with van der Waals surface area (Å²) in [6, 6.07) is 19.7. The molecule has 1 heterocycles. The van der Waals surface area contributed by atoms with Crippen LogP contribution in [0.2, 0.25) is 0 Å². The van der Waals surface area contributed by atoms with E-state index in [4.69, 9.17) is 0 Å². The molecule has 5 nitrogen and oxygen atoms in total. The molecule has 1 amide bonds. The third-order valence-electron chi connectivity index (χ3n) is 4.82. The first kappa shape index (κ1) is 17.5. The summed E-state index contributed by atoms with van der Waals surface area (Å²) in [6.45, 7) is 0.0646. The molecule has 3 aromatic rings. The van der Waals surface area contributed by atoms with Crippen LogP contribution in [0.1, 0.15) is 41.2 Å². The van der Waals surface area contributed by atoms with Gasteiger partial charge in [0.1, 0.15) is 5.82 Å². The van der Waals surface area contributed by atoms with Gasteiger partial charge in [-0.2, -0.15) is 0 Å². The van der Waals surface area contributed by atoms with Crippen LogP contribution in [0.4, 0.5) is 5.82 Å². The number of anilines is 1. The Balaban J connectivity index is 1.69. The number of rotatable bonds is 7. The third kappa shape index (κ3) is 4.09. The fourth-order valence-corrected chi connectivity index (χ4v) is 3.24. The van der Waals surface area contributed by atoms with Crippen LogP contribution in [0.5, 0.6) is 0 Å². The van der Waals surface area contributed by atoms with Gasteiger partial charge in [0.2, 0.25) is 0 Å². The molecular formula is C22H23N3O2. The van der Waals surface area contributed by atoms with E-state index in [1.165, 1.54) is 0 Å². The number of aliphatic hydroxyl groups is 1. The van der Waals surface area contributed by atoms with Crippen LogP contribution in [0.25, 0.3) is 10.9 Å². The molecule has 1 atom stereocenters. The SMILES string of the molecule is O=C(NC1CC1)c1cc(N[C@H](CCO)c2ccccc2)nc2ccccc12. The number of benzene rings is 2. The number of nitrogens with zero attached hydrogens (tertiary/aromatic N) is 1. The number of carbonyl (C=O) groups excluding carboxylic acids is 1. The fraction of sp³-hybridized carbons (Fsp3) is 0.273. The van der Waals surface area contributed by atoms with Gasteiger partial charge >= 0.3 is 0 Å². The molecule has 2 aromatic carbocycles. The number of hydrogen-bond donors (Lipinski definition) is 3. The summed E-state index contributed by atoms with van der Waals surface area (Å²) < 4.78 is 0. The zero-order valence-electron chi connectivity index (χ0n) is 15.1. The lowest BCUT2D eigenvalue weighted by Crippen LogP contribution is -2.26. The summed E-state index contributed by atoms with van der Waals surface area (Å²) in [6.07, 6.45) is 2.65. The molecule has 27 heavy (non-hydrogen) atoms. The summed E-state index contributed by atoms with van der Waals surface area (Å²) >= 11 is 0. The monoisotopic (exact) mass is 361 g/mol. The smallest absolute Gasteiger partial charge is 0.252 e. The number of fused-ring (bicyclic) bond motifs is 1. The third-order valence-corrected chi connectivity index (χ3v) is 4.82. The normalized spacial score (nSPS) is 14.7. The van der Waals surface area contributed by atoms with Gasteiger partial charge in [0.25, 0.3) is 5.91 Å². The van der Waals surface area contributed by atoms with E-state index in [-0.39, 0.29) is 18.6 Å². The van der Waals surface area contributed by atoms with Crippen molar-refractivity contribution in [3.05, 3.63) is 71.8 Å². The average molecular weight is 361 g/mol. The van der Waals surface area contributed by atoms with Gasteiger partial charge in [-0.25, -0.2) is 4.98 Å². The first-order chi connectivity index (χ1) is 13.2. The first-order valence-electron chi connectivity index (χ1n) is 9.37. The number of hydrogen-bond acceptors (Lipinski definition) is 4. The van der Waals surface area contributed by atoms with E-state index in [0.717, 1.165) is 29.3 Å². The number of carbonyl (C=O) groups is 1. The Morgan fingerprint density at radius 3 is 2.59 bits per heavy atom. The zero-order chi connectivity index (χ0) is 18.6.